The fourth-order valence-corrected chi connectivity index (χ4v) is 12.4. The lowest BCUT2D eigenvalue weighted by Crippen LogP contribution is -2.48. The van der Waals surface area contributed by atoms with Crippen LogP contribution in [0.25, 0.3) is 0 Å². The minimum atomic E-state index is -1.70. The molecule has 0 aromatic heterocycles. The van der Waals surface area contributed by atoms with Crippen molar-refractivity contribution in [3.05, 3.63) is 0 Å². The van der Waals surface area contributed by atoms with Gasteiger partial charge in [0.15, 0.2) is 8.32 Å². The Labute approximate surface area is 165 Å². The van der Waals surface area contributed by atoms with Gasteiger partial charge < -0.3 is 4.43 Å². The lowest BCUT2D eigenvalue weighted by Gasteiger charge is -2.42. The molecule has 0 aromatic rings. The maximum Gasteiger partial charge on any atom is 0.200 e. The van der Waals surface area contributed by atoms with Gasteiger partial charge in [0.05, 0.1) is 0 Å². The maximum absolute atomic E-state index is 6.89. The van der Waals surface area contributed by atoms with E-state index in [9.17, 15) is 0 Å². The summed E-state index contributed by atoms with van der Waals surface area (Å²) >= 11 is 0. The first-order valence-electron chi connectivity index (χ1n) is 11.7. The smallest absolute Gasteiger partial charge is 0.200 e. The molecule has 0 saturated heterocycles. The fraction of sp³-hybridized carbons (Fsp3) is 1.00. The Hall–Kier alpha value is 0.137. The highest BCUT2D eigenvalue weighted by Gasteiger charge is 2.61. The molecule has 0 aromatic carbocycles. The Morgan fingerprint density at radius 2 is 1.42 bits per heavy atom. The molecule has 0 unspecified atom stereocenters. The minimum Gasteiger partial charge on any atom is -0.416 e. The number of rotatable bonds is 11. The quantitative estimate of drug-likeness (QED) is 0.362. The molecule has 2 nitrogen and oxygen atoms in total. The highest BCUT2D eigenvalue weighted by atomic mass is 28.4. The van der Waals surface area contributed by atoms with Gasteiger partial charge in [0.1, 0.15) is 0 Å². The Kier molecular flexibility index (Phi) is 7.84. The molecule has 0 N–H and O–H groups in total. The second-order valence-corrected chi connectivity index (χ2v) is 15.5. The molecule has 26 heavy (non-hydrogen) atoms. The molecule has 0 amide bonds. The highest BCUT2D eigenvalue weighted by molar-refractivity contribution is 6.77. The van der Waals surface area contributed by atoms with Crippen LogP contribution in [0.15, 0.2) is 0 Å². The summed E-state index contributed by atoms with van der Waals surface area (Å²) in [6.07, 6.45) is 8.57. The zero-order valence-corrected chi connectivity index (χ0v) is 20.1. The van der Waals surface area contributed by atoms with Crippen molar-refractivity contribution in [1.29, 1.82) is 0 Å². The summed E-state index contributed by atoms with van der Waals surface area (Å²) in [5.74, 6) is 1.83. The molecule has 2 aliphatic rings. The van der Waals surface area contributed by atoms with Crippen molar-refractivity contribution in [1.82, 2.24) is 4.90 Å². The third-order valence-electron chi connectivity index (χ3n) is 8.06. The van der Waals surface area contributed by atoms with Crippen molar-refractivity contribution in [3.63, 3.8) is 0 Å². The van der Waals surface area contributed by atoms with E-state index in [2.05, 4.69) is 60.3 Å². The van der Waals surface area contributed by atoms with E-state index < -0.39 is 8.32 Å². The largest absolute Gasteiger partial charge is 0.416 e. The standard InChI is InChI=1S/C23H47NOSi/c1-9-24(10-2)23(21-13-11-12-14-21)17-22(23)15-16-25-26(18(3)4,19(5)6)20(7)8/h18-22H,9-17H2,1-8H3/t22-,23-/m0/s1. The lowest BCUT2D eigenvalue weighted by molar-refractivity contribution is 0.112. The molecular weight excluding hydrogens is 334 g/mol. The van der Waals surface area contributed by atoms with Gasteiger partial charge in [-0.1, -0.05) is 68.2 Å². The molecule has 2 rings (SSSR count). The average Bonchev–Trinajstić information content (AvgIpc) is 3.03. The van der Waals surface area contributed by atoms with Crippen LogP contribution < -0.4 is 0 Å². The molecule has 2 aliphatic carbocycles. The number of nitrogens with zero attached hydrogens (tertiary/aromatic N) is 1. The van der Waals surface area contributed by atoms with Gasteiger partial charge in [-0.3, -0.25) is 4.90 Å². The van der Waals surface area contributed by atoms with Crippen molar-refractivity contribution in [3.8, 4) is 0 Å². The summed E-state index contributed by atoms with van der Waals surface area (Å²) in [5.41, 5.74) is 2.62. The molecular formula is C23H47NOSi. The first kappa shape index (κ1) is 22.4. The molecule has 0 bridgehead atoms. The van der Waals surface area contributed by atoms with Crippen LogP contribution in [0.3, 0.4) is 0 Å². The molecule has 2 saturated carbocycles. The fourth-order valence-electron chi connectivity index (χ4n) is 6.95. The third-order valence-corrected chi connectivity index (χ3v) is 14.2. The Balaban J connectivity index is 2.02. The van der Waals surface area contributed by atoms with Gasteiger partial charge in [0.25, 0.3) is 0 Å². The van der Waals surface area contributed by atoms with Crippen LogP contribution >= 0.6 is 0 Å². The predicted octanol–water partition coefficient (Wildman–Crippen LogP) is 6.86. The van der Waals surface area contributed by atoms with E-state index in [-0.39, 0.29) is 0 Å². The van der Waals surface area contributed by atoms with Crippen LogP contribution in [0.1, 0.15) is 93.9 Å². The molecule has 2 atom stereocenters. The SMILES string of the molecule is CCN(CC)[C@]1(C2CCCC2)C[C@@H]1CCO[Si](C(C)C)(C(C)C)C(C)C. The molecule has 0 spiro atoms. The van der Waals surface area contributed by atoms with Crippen LogP contribution in [-0.4, -0.2) is 38.5 Å². The van der Waals surface area contributed by atoms with Gasteiger partial charge in [0, 0.05) is 12.1 Å². The Bertz CT molecular complexity index is 400. The van der Waals surface area contributed by atoms with Crippen LogP contribution in [0, 0.1) is 11.8 Å². The number of hydrogen-bond acceptors (Lipinski definition) is 2. The first-order valence-corrected chi connectivity index (χ1v) is 13.8. The van der Waals surface area contributed by atoms with Gasteiger partial charge in [-0.25, -0.2) is 0 Å². The second kappa shape index (κ2) is 9.09. The van der Waals surface area contributed by atoms with E-state index in [0.717, 1.165) is 18.4 Å². The van der Waals surface area contributed by atoms with Crippen molar-refractivity contribution in [2.75, 3.05) is 19.7 Å². The average molecular weight is 382 g/mol. The van der Waals surface area contributed by atoms with Crippen molar-refractivity contribution < 1.29 is 4.43 Å². The summed E-state index contributed by atoms with van der Waals surface area (Å²) in [7, 11) is -1.70. The van der Waals surface area contributed by atoms with E-state index in [1.165, 1.54) is 51.6 Å². The molecule has 0 heterocycles. The van der Waals surface area contributed by atoms with E-state index in [1.807, 2.05) is 0 Å². The topological polar surface area (TPSA) is 12.5 Å². The van der Waals surface area contributed by atoms with Crippen molar-refractivity contribution in [2.45, 2.75) is 116 Å². The summed E-state index contributed by atoms with van der Waals surface area (Å²) in [6, 6.07) is 0. The van der Waals surface area contributed by atoms with E-state index in [0.29, 0.717) is 22.2 Å². The van der Waals surface area contributed by atoms with Gasteiger partial charge in [-0.05, 0) is 67.2 Å². The Morgan fingerprint density at radius 3 is 1.85 bits per heavy atom. The highest BCUT2D eigenvalue weighted by Crippen LogP contribution is 2.59. The third kappa shape index (κ3) is 3.96. The van der Waals surface area contributed by atoms with Crippen LogP contribution in [0.4, 0.5) is 0 Å². The summed E-state index contributed by atoms with van der Waals surface area (Å²) in [4.78, 5) is 2.81. The molecule has 3 heteroatoms. The minimum absolute atomic E-state index is 0.529. The van der Waals surface area contributed by atoms with Crippen LogP contribution in [-0.2, 0) is 4.43 Å². The Morgan fingerprint density at radius 1 is 0.923 bits per heavy atom. The number of hydrogen-bond donors (Lipinski definition) is 0. The van der Waals surface area contributed by atoms with Crippen LogP contribution in [0.5, 0.6) is 0 Å². The lowest BCUT2D eigenvalue weighted by atomic mass is 9.90. The molecule has 154 valence electrons. The van der Waals surface area contributed by atoms with E-state index in [4.69, 9.17) is 4.43 Å². The first-order chi connectivity index (χ1) is 12.3. The van der Waals surface area contributed by atoms with Crippen molar-refractivity contribution >= 4 is 8.32 Å². The van der Waals surface area contributed by atoms with Crippen LogP contribution in [0.2, 0.25) is 16.6 Å². The maximum atomic E-state index is 6.89. The van der Waals surface area contributed by atoms with Gasteiger partial charge in [0.2, 0.25) is 0 Å². The van der Waals surface area contributed by atoms with E-state index >= 15 is 0 Å². The van der Waals surface area contributed by atoms with Crippen molar-refractivity contribution in [2.24, 2.45) is 11.8 Å². The normalized spacial score (nSPS) is 27.5. The van der Waals surface area contributed by atoms with Gasteiger partial charge in [-0.2, -0.15) is 0 Å². The predicted molar refractivity (Wildman–Crippen MR) is 117 cm³/mol. The second-order valence-electron chi connectivity index (χ2n) is 10.0. The van der Waals surface area contributed by atoms with Gasteiger partial charge >= 0.3 is 0 Å². The summed E-state index contributed by atoms with van der Waals surface area (Å²) in [6.45, 7) is 22.6. The zero-order valence-electron chi connectivity index (χ0n) is 19.1. The van der Waals surface area contributed by atoms with Gasteiger partial charge in [-0.15, -0.1) is 0 Å². The monoisotopic (exact) mass is 381 g/mol. The summed E-state index contributed by atoms with van der Waals surface area (Å²) in [5, 5.41) is 0. The molecule has 2 fully saturated rings. The zero-order chi connectivity index (χ0) is 19.5. The van der Waals surface area contributed by atoms with E-state index in [1.54, 1.807) is 0 Å². The summed E-state index contributed by atoms with van der Waals surface area (Å²) < 4.78 is 6.89. The molecule has 0 aliphatic heterocycles. The molecule has 0 radical (unpaired) electrons.